The summed E-state index contributed by atoms with van der Waals surface area (Å²) in [5, 5.41) is 10.0. The number of nitriles is 1. The molecule has 0 spiro atoms. The number of nitrogens with zero attached hydrogens (tertiary/aromatic N) is 3. The molecular weight excluding hydrogens is 539 g/mol. The normalized spacial score (nSPS) is 14.1. The van der Waals surface area contributed by atoms with Gasteiger partial charge in [-0.3, -0.25) is 0 Å². The molecule has 1 amide bonds. The first-order valence-corrected chi connectivity index (χ1v) is 14.3. The number of hydrogen-bond donors (Lipinski definition) is 1. The highest BCUT2D eigenvalue weighted by molar-refractivity contribution is 6.10. The van der Waals surface area contributed by atoms with E-state index in [1.165, 1.54) is 7.11 Å². The number of anilines is 2. The van der Waals surface area contributed by atoms with Crippen LogP contribution in [0.25, 0.3) is 10.9 Å². The number of halogens is 1. The number of carbonyl (C=O) groups excluding carboxylic acids is 2. The molecule has 224 valence electrons. The molecule has 1 fully saturated rings. The Morgan fingerprint density at radius 2 is 1.88 bits per heavy atom. The van der Waals surface area contributed by atoms with Gasteiger partial charge < -0.3 is 29.0 Å². The fraction of sp³-hybridized carbons (Fsp3) is 0.469. The second kappa shape index (κ2) is 12.3. The van der Waals surface area contributed by atoms with E-state index in [0.29, 0.717) is 59.5 Å². The highest BCUT2D eigenvalue weighted by Gasteiger charge is 2.34. The minimum atomic E-state index is -0.598. The summed E-state index contributed by atoms with van der Waals surface area (Å²) in [6, 6.07) is 10.2. The monoisotopic (exact) mass is 578 g/mol. The molecule has 1 aromatic heterocycles. The molecule has 1 aliphatic heterocycles. The molecule has 0 atom stereocenters. The Hall–Kier alpha value is -4.26. The lowest BCUT2D eigenvalue weighted by Gasteiger charge is -2.35. The van der Waals surface area contributed by atoms with Gasteiger partial charge in [-0.05, 0) is 84.6 Å². The summed E-state index contributed by atoms with van der Waals surface area (Å²) in [6.45, 7) is 12.0. The van der Waals surface area contributed by atoms with Crippen molar-refractivity contribution in [2.75, 3.05) is 31.7 Å². The van der Waals surface area contributed by atoms with E-state index in [0.717, 1.165) is 0 Å². The number of benzene rings is 2. The minimum absolute atomic E-state index is 0.173. The first-order chi connectivity index (χ1) is 19.9. The van der Waals surface area contributed by atoms with Gasteiger partial charge in [0.2, 0.25) is 0 Å². The molecule has 0 bridgehead atoms. The summed E-state index contributed by atoms with van der Waals surface area (Å²) in [6.07, 6.45) is 0.697. The number of H-pyrrole nitrogens is 1. The number of nitrogens with one attached hydrogen (secondary N) is 1. The number of amides is 1. The third kappa shape index (κ3) is 6.15. The zero-order chi connectivity index (χ0) is 30.8. The van der Waals surface area contributed by atoms with E-state index < -0.39 is 17.4 Å². The van der Waals surface area contributed by atoms with Crippen LogP contribution < -0.4 is 9.64 Å². The van der Waals surface area contributed by atoms with Crippen LogP contribution in [0.4, 0.5) is 20.7 Å². The molecule has 0 aliphatic carbocycles. The van der Waals surface area contributed by atoms with Gasteiger partial charge in [0.15, 0.2) is 5.82 Å². The molecule has 10 heteroatoms. The van der Waals surface area contributed by atoms with Crippen LogP contribution in [0.15, 0.2) is 30.3 Å². The highest BCUT2D eigenvalue weighted by atomic mass is 19.1. The van der Waals surface area contributed by atoms with Gasteiger partial charge in [0.25, 0.3) is 0 Å². The largest absolute Gasteiger partial charge is 0.496 e. The standard InChI is InChI=1S/C32H39FN4O5/c1-8-41-30(38)27-22-10-9-20(18-34)17-23(22)35-29(27)37(19(2)3)24-11-12-25(40-7)26(28(24)33)21-13-15-36(16-14-21)31(39)42-32(4,5)6/h9-12,17,19,21,35H,8,13-16H2,1-7H3. The molecule has 3 aromatic rings. The molecule has 0 radical (unpaired) electrons. The number of carbonyl (C=O) groups is 2. The van der Waals surface area contributed by atoms with Gasteiger partial charge in [-0.2, -0.15) is 5.26 Å². The van der Waals surface area contributed by atoms with Crippen LogP contribution in [0.1, 0.15) is 81.8 Å². The Morgan fingerprint density at radius 3 is 2.45 bits per heavy atom. The van der Waals surface area contributed by atoms with Crippen LogP contribution in [-0.4, -0.2) is 60.4 Å². The SMILES string of the molecule is CCOC(=O)c1c(N(c2ccc(OC)c(C3CCN(C(=O)OC(C)(C)C)CC3)c2F)C(C)C)[nH]c2cc(C#N)ccc12. The van der Waals surface area contributed by atoms with E-state index in [1.54, 1.807) is 47.1 Å². The fourth-order valence-corrected chi connectivity index (χ4v) is 5.49. The van der Waals surface area contributed by atoms with Crippen LogP contribution >= 0.6 is 0 Å². The molecule has 0 saturated carbocycles. The van der Waals surface area contributed by atoms with Gasteiger partial charge in [-0.1, -0.05) is 6.07 Å². The van der Waals surface area contributed by atoms with E-state index in [4.69, 9.17) is 14.2 Å². The van der Waals surface area contributed by atoms with Crippen molar-refractivity contribution in [1.29, 1.82) is 5.26 Å². The summed E-state index contributed by atoms with van der Waals surface area (Å²) >= 11 is 0. The molecule has 42 heavy (non-hydrogen) atoms. The molecule has 4 rings (SSSR count). The average molecular weight is 579 g/mol. The number of likely N-dealkylation sites (tertiary alicyclic amines) is 1. The van der Waals surface area contributed by atoms with Gasteiger partial charge in [-0.25, -0.2) is 14.0 Å². The minimum Gasteiger partial charge on any atom is -0.496 e. The Labute approximate surface area is 246 Å². The van der Waals surface area contributed by atoms with Crippen LogP contribution in [0.5, 0.6) is 5.75 Å². The Kier molecular flexibility index (Phi) is 9.00. The maximum Gasteiger partial charge on any atom is 0.410 e. The highest BCUT2D eigenvalue weighted by Crippen LogP contribution is 2.43. The number of esters is 1. The number of ether oxygens (including phenoxy) is 3. The van der Waals surface area contributed by atoms with Gasteiger partial charge in [-0.15, -0.1) is 0 Å². The number of piperidine rings is 1. The number of rotatable bonds is 7. The van der Waals surface area contributed by atoms with Crippen molar-refractivity contribution in [1.82, 2.24) is 9.88 Å². The Bertz CT molecular complexity index is 1510. The average Bonchev–Trinajstić information content (AvgIpc) is 3.31. The van der Waals surface area contributed by atoms with E-state index >= 15 is 4.39 Å². The van der Waals surface area contributed by atoms with Crippen molar-refractivity contribution in [2.45, 2.75) is 71.9 Å². The smallest absolute Gasteiger partial charge is 0.410 e. The number of fused-ring (bicyclic) bond motifs is 1. The lowest BCUT2D eigenvalue weighted by atomic mass is 9.87. The maximum absolute atomic E-state index is 16.7. The molecule has 0 unspecified atom stereocenters. The number of aromatic amines is 1. The van der Waals surface area contributed by atoms with Crippen molar-refractivity contribution in [3.8, 4) is 11.8 Å². The summed E-state index contributed by atoms with van der Waals surface area (Å²) in [5.74, 6) is -0.388. The first kappa shape index (κ1) is 30.7. The van der Waals surface area contributed by atoms with Crippen LogP contribution in [0.2, 0.25) is 0 Å². The van der Waals surface area contributed by atoms with E-state index in [-0.39, 0.29) is 35.9 Å². The maximum atomic E-state index is 16.7. The van der Waals surface area contributed by atoms with Crippen LogP contribution in [-0.2, 0) is 9.47 Å². The Morgan fingerprint density at radius 1 is 1.19 bits per heavy atom. The Balaban J connectivity index is 1.78. The van der Waals surface area contributed by atoms with Crippen LogP contribution in [0.3, 0.4) is 0 Å². The number of hydrogen-bond acceptors (Lipinski definition) is 7. The topological polar surface area (TPSA) is 108 Å². The molecule has 9 nitrogen and oxygen atoms in total. The third-order valence-corrected chi connectivity index (χ3v) is 7.30. The summed E-state index contributed by atoms with van der Waals surface area (Å²) in [7, 11) is 1.51. The lowest BCUT2D eigenvalue weighted by Crippen LogP contribution is -2.41. The third-order valence-electron chi connectivity index (χ3n) is 7.30. The quantitative estimate of drug-likeness (QED) is 0.300. The summed E-state index contributed by atoms with van der Waals surface area (Å²) in [5.41, 5.74) is 1.38. The zero-order valence-corrected chi connectivity index (χ0v) is 25.3. The molecule has 2 aromatic carbocycles. The van der Waals surface area contributed by atoms with Crippen molar-refractivity contribution in [3.05, 3.63) is 52.8 Å². The predicted octanol–water partition coefficient (Wildman–Crippen LogP) is 7.02. The predicted molar refractivity (Wildman–Crippen MR) is 159 cm³/mol. The lowest BCUT2D eigenvalue weighted by molar-refractivity contribution is 0.0203. The number of methoxy groups -OCH3 is 1. The summed E-state index contributed by atoms with van der Waals surface area (Å²) in [4.78, 5) is 32.5. The van der Waals surface area contributed by atoms with Crippen molar-refractivity contribution < 1.29 is 28.2 Å². The van der Waals surface area contributed by atoms with Crippen LogP contribution in [0, 0.1) is 17.1 Å². The van der Waals surface area contributed by atoms with Crippen molar-refractivity contribution in [3.63, 3.8) is 0 Å². The molecule has 1 saturated heterocycles. The van der Waals surface area contributed by atoms with Gasteiger partial charge in [0.1, 0.15) is 22.7 Å². The fourth-order valence-electron chi connectivity index (χ4n) is 5.49. The zero-order valence-electron chi connectivity index (χ0n) is 25.3. The second-order valence-electron chi connectivity index (χ2n) is 11.7. The van der Waals surface area contributed by atoms with E-state index in [9.17, 15) is 14.9 Å². The van der Waals surface area contributed by atoms with Gasteiger partial charge >= 0.3 is 12.1 Å². The van der Waals surface area contributed by atoms with Crippen molar-refractivity contribution in [2.24, 2.45) is 0 Å². The number of aromatic nitrogens is 1. The second-order valence-corrected chi connectivity index (χ2v) is 11.7. The van der Waals surface area contributed by atoms with Crippen molar-refractivity contribution >= 4 is 34.5 Å². The van der Waals surface area contributed by atoms with E-state index in [1.807, 2.05) is 34.6 Å². The molecule has 2 heterocycles. The van der Waals surface area contributed by atoms with E-state index in [2.05, 4.69) is 11.1 Å². The van der Waals surface area contributed by atoms with Gasteiger partial charge in [0, 0.05) is 35.6 Å². The molecular formula is C32H39FN4O5. The molecule has 1 N–H and O–H groups in total. The van der Waals surface area contributed by atoms with Gasteiger partial charge in [0.05, 0.1) is 31.0 Å². The molecule has 1 aliphatic rings. The summed E-state index contributed by atoms with van der Waals surface area (Å²) < 4.78 is 33.3. The first-order valence-electron chi connectivity index (χ1n) is 14.3.